The van der Waals surface area contributed by atoms with Crippen molar-refractivity contribution in [1.29, 1.82) is 0 Å². The van der Waals surface area contributed by atoms with Crippen LogP contribution in [0.3, 0.4) is 0 Å². The normalized spacial score (nSPS) is 12.3. The molecule has 0 amide bonds. The maximum absolute atomic E-state index is 4.24. The molecular weight excluding hydrogens is 232 g/mol. The molecule has 19 heavy (non-hydrogen) atoms. The summed E-state index contributed by atoms with van der Waals surface area (Å²) in [6.45, 7) is 9.17. The molecule has 1 rings (SSSR count). The van der Waals surface area contributed by atoms with Gasteiger partial charge in [0.2, 0.25) is 0 Å². The Bertz CT molecular complexity index is 360. The second-order valence-electron chi connectivity index (χ2n) is 4.96. The largest absolute Gasteiger partial charge is 0.310 e. The molecule has 1 heterocycles. The van der Waals surface area contributed by atoms with E-state index in [-0.39, 0.29) is 0 Å². The molecule has 0 aliphatic carbocycles. The number of hydrogen-bond donors (Lipinski definition) is 1. The summed E-state index contributed by atoms with van der Waals surface area (Å²) >= 11 is 0. The summed E-state index contributed by atoms with van der Waals surface area (Å²) in [7, 11) is 0. The van der Waals surface area contributed by atoms with Crippen LogP contribution < -0.4 is 5.32 Å². The highest BCUT2D eigenvalue weighted by molar-refractivity contribution is 5.26. The van der Waals surface area contributed by atoms with Crippen LogP contribution in [0.1, 0.15) is 63.1 Å². The van der Waals surface area contributed by atoms with E-state index in [0.717, 1.165) is 19.4 Å². The van der Waals surface area contributed by atoms with E-state index in [1.165, 1.54) is 36.8 Å². The first-order valence-corrected chi connectivity index (χ1v) is 7.60. The third kappa shape index (κ3) is 5.56. The summed E-state index contributed by atoms with van der Waals surface area (Å²) in [5.41, 5.74) is 2.81. The second kappa shape index (κ2) is 9.74. The van der Waals surface area contributed by atoms with E-state index in [2.05, 4.69) is 36.8 Å². The fraction of sp³-hybridized carbons (Fsp3) is 0.588. The van der Waals surface area contributed by atoms with Crippen molar-refractivity contribution in [2.24, 2.45) is 0 Å². The lowest BCUT2D eigenvalue weighted by Crippen LogP contribution is -2.22. The quantitative estimate of drug-likeness (QED) is 0.497. The molecule has 0 aromatic carbocycles. The van der Waals surface area contributed by atoms with Crippen molar-refractivity contribution in [3.8, 4) is 0 Å². The monoisotopic (exact) mass is 260 g/mol. The highest BCUT2D eigenvalue weighted by Gasteiger charge is 2.13. The number of unbranched alkanes of at least 4 members (excludes halogenated alkanes) is 3. The van der Waals surface area contributed by atoms with Crippen LogP contribution in [0.15, 0.2) is 31.1 Å². The molecule has 106 valence electrons. The Morgan fingerprint density at radius 1 is 1.32 bits per heavy atom. The van der Waals surface area contributed by atoms with Gasteiger partial charge in [0.1, 0.15) is 0 Å². The minimum absolute atomic E-state index is 0.478. The van der Waals surface area contributed by atoms with Gasteiger partial charge in [-0.25, -0.2) is 0 Å². The molecule has 0 aliphatic rings. The van der Waals surface area contributed by atoms with E-state index >= 15 is 0 Å². The van der Waals surface area contributed by atoms with Gasteiger partial charge in [0.15, 0.2) is 0 Å². The van der Waals surface area contributed by atoms with Gasteiger partial charge in [-0.15, -0.1) is 6.58 Å². The highest BCUT2D eigenvalue weighted by Crippen LogP contribution is 2.23. The Morgan fingerprint density at radius 2 is 2.16 bits per heavy atom. The fourth-order valence-corrected chi connectivity index (χ4v) is 2.50. The van der Waals surface area contributed by atoms with Gasteiger partial charge in [0.05, 0.1) is 0 Å². The molecule has 1 N–H and O–H groups in total. The molecule has 0 fully saturated rings. The zero-order chi connectivity index (χ0) is 13.9. The molecular formula is C17H28N2. The molecule has 0 spiro atoms. The molecule has 0 saturated heterocycles. The van der Waals surface area contributed by atoms with Gasteiger partial charge in [0.25, 0.3) is 0 Å². The minimum Gasteiger partial charge on any atom is -0.310 e. The lowest BCUT2D eigenvalue weighted by Gasteiger charge is -2.20. The molecule has 2 nitrogen and oxygen atoms in total. The number of aromatic nitrogens is 1. The average Bonchev–Trinajstić information content (AvgIpc) is 2.46. The van der Waals surface area contributed by atoms with E-state index in [9.17, 15) is 0 Å². The van der Waals surface area contributed by atoms with E-state index in [4.69, 9.17) is 0 Å². The zero-order valence-corrected chi connectivity index (χ0v) is 12.5. The Hall–Kier alpha value is -1.15. The predicted molar refractivity (Wildman–Crippen MR) is 83.3 cm³/mol. The first kappa shape index (κ1) is 15.9. The van der Waals surface area contributed by atoms with E-state index in [1.54, 1.807) is 0 Å². The molecule has 1 unspecified atom stereocenters. The maximum Gasteiger partial charge on any atom is 0.0323 e. The lowest BCUT2D eigenvalue weighted by atomic mass is 9.96. The number of nitrogens with zero attached hydrogens (tertiary/aromatic N) is 1. The van der Waals surface area contributed by atoms with Crippen molar-refractivity contribution >= 4 is 0 Å². The SMILES string of the molecule is C=CCCCCCC(NCC)c1ccncc1CC. The van der Waals surface area contributed by atoms with Crippen molar-refractivity contribution in [3.63, 3.8) is 0 Å². The maximum atomic E-state index is 4.24. The Kier molecular flexibility index (Phi) is 8.15. The number of aryl methyl sites for hydroxylation is 1. The van der Waals surface area contributed by atoms with Gasteiger partial charge < -0.3 is 5.32 Å². The zero-order valence-electron chi connectivity index (χ0n) is 12.5. The van der Waals surface area contributed by atoms with Crippen LogP contribution in [0.25, 0.3) is 0 Å². The Balaban J connectivity index is 2.57. The van der Waals surface area contributed by atoms with Crippen molar-refractivity contribution in [2.45, 2.75) is 58.4 Å². The van der Waals surface area contributed by atoms with Crippen LogP contribution in [0.2, 0.25) is 0 Å². The van der Waals surface area contributed by atoms with Gasteiger partial charge in [-0.05, 0) is 49.4 Å². The number of pyridine rings is 1. The summed E-state index contributed by atoms with van der Waals surface area (Å²) < 4.78 is 0. The highest BCUT2D eigenvalue weighted by atomic mass is 14.9. The standard InChI is InChI=1S/C17H28N2/c1-4-7-8-9-10-11-17(19-6-3)16-12-13-18-14-15(16)5-2/h4,12-14,17,19H,1,5-11H2,2-3H3. The molecule has 0 saturated carbocycles. The molecule has 0 radical (unpaired) electrons. The summed E-state index contributed by atoms with van der Waals surface area (Å²) in [4.78, 5) is 4.24. The molecule has 1 aromatic rings. The van der Waals surface area contributed by atoms with Crippen LogP contribution >= 0.6 is 0 Å². The Labute approximate surface area is 118 Å². The summed E-state index contributed by atoms with van der Waals surface area (Å²) in [6, 6.07) is 2.65. The molecule has 2 heteroatoms. The molecule has 0 aliphatic heterocycles. The number of rotatable bonds is 10. The number of nitrogens with one attached hydrogen (secondary N) is 1. The van der Waals surface area contributed by atoms with E-state index in [0.29, 0.717) is 6.04 Å². The molecule has 0 bridgehead atoms. The summed E-state index contributed by atoms with van der Waals surface area (Å²) in [6.07, 6.45) is 13.2. The smallest absolute Gasteiger partial charge is 0.0323 e. The average molecular weight is 260 g/mol. The van der Waals surface area contributed by atoms with Crippen LogP contribution in [0, 0.1) is 0 Å². The van der Waals surface area contributed by atoms with Gasteiger partial charge in [-0.1, -0.05) is 32.8 Å². The van der Waals surface area contributed by atoms with Crippen LogP contribution in [-0.4, -0.2) is 11.5 Å². The summed E-state index contributed by atoms with van der Waals surface area (Å²) in [5.74, 6) is 0. The first-order valence-electron chi connectivity index (χ1n) is 7.60. The van der Waals surface area contributed by atoms with Gasteiger partial charge in [0, 0.05) is 18.4 Å². The second-order valence-corrected chi connectivity index (χ2v) is 4.96. The van der Waals surface area contributed by atoms with Crippen molar-refractivity contribution in [3.05, 3.63) is 42.2 Å². The van der Waals surface area contributed by atoms with Crippen LogP contribution in [-0.2, 0) is 6.42 Å². The first-order chi connectivity index (χ1) is 9.33. The van der Waals surface area contributed by atoms with Crippen molar-refractivity contribution < 1.29 is 0 Å². The molecule has 1 atom stereocenters. The Morgan fingerprint density at radius 3 is 2.84 bits per heavy atom. The minimum atomic E-state index is 0.478. The molecule has 1 aromatic heterocycles. The number of hydrogen-bond acceptors (Lipinski definition) is 2. The topological polar surface area (TPSA) is 24.9 Å². The van der Waals surface area contributed by atoms with Gasteiger partial charge in [-0.3, -0.25) is 4.98 Å². The third-order valence-corrected chi connectivity index (χ3v) is 3.55. The van der Waals surface area contributed by atoms with Gasteiger partial charge in [-0.2, -0.15) is 0 Å². The fourth-order valence-electron chi connectivity index (χ4n) is 2.50. The third-order valence-electron chi connectivity index (χ3n) is 3.55. The summed E-state index contributed by atoms with van der Waals surface area (Å²) in [5, 5.41) is 3.62. The lowest BCUT2D eigenvalue weighted by molar-refractivity contribution is 0.480. The number of allylic oxidation sites excluding steroid dienone is 1. The van der Waals surface area contributed by atoms with Crippen LogP contribution in [0.5, 0.6) is 0 Å². The van der Waals surface area contributed by atoms with Crippen molar-refractivity contribution in [1.82, 2.24) is 10.3 Å². The van der Waals surface area contributed by atoms with E-state index in [1.807, 2.05) is 18.5 Å². The predicted octanol–water partition coefficient (Wildman–Crippen LogP) is 4.43. The van der Waals surface area contributed by atoms with Crippen LogP contribution in [0.4, 0.5) is 0 Å². The van der Waals surface area contributed by atoms with Crippen molar-refractivity contribution in [2.75, 3.05) is 6.54 Å². The van der Waals surface area contributed by atoms with Gasteiger partial charge >= 0.3 is 0 Å². The van der Waals surface area contributed by atoms with E-state index < -0.39 is 0 Å².